The van der Waals surface area contributed by atoms with Crippen molar-refractivity contribution in [2.45, 2.75) is 26.7 Å². The van der Waals surface area contributed by atoms with Crippen LogP contribution in [0.1, 0.15) is 26.7 Å². The van der Waals surface area contributed by atoms with Crippen LogP contribution in [-0.2, 0) is 23.7 Å². The summed E-state index contributed by atoms with van der Waals surface area (Å²) in [6.07, 6.45) is 3.36. The minimum absolute atomic E-state index is 0.307. The molecule has 0 aliphatic heterocycles. The number of unbranched alkanes of at least 4 members (excludes halogenated alkanes) is 1. The number of carbonyl (C=O) groups is 1. The zero-order valence-electron chi connectivity index (χ0n) is 13.1. The van der Waals surface area contributed by atoms with E-state index >= 15 is 0 Å². The van der Waals surface area contributed by atoms with Crippen LogP contribution in [-0.4, -0.2) is 63.9 Å². The summed E-state index contributed by atoms with van der Waals surface area (Å²) in [5.74, 6) is -0.955. The maximum atomic E-state index is 10.4. The number of ether oxygens (including phenoxy) is 4. The molecule has 1 N–H and O–H groups in total. The van der Waals surface area contributed by atoms with Gasteiger partial charge in [0.1, 0.15) is 0 Å². The average molecular weight is 304 g/mol. The first-order valence-corrected chi connectivity index (χ1v) is 7.38. The monoisotopic (exact) mass is 304 g/mol. The van der Waals surface area contributed by atoms with Crippen LogP contribution < -0.4 is 0 Å². The summed E-state index contributed by atoms with van der Waals surface area (Å²) in [5, 5.41) is 8.51. The predicted octanol–water partition coefficient (Wildman–Crippen LogP) is 1.88. The molecule has 6 heteroatoms. The fraction of sp³-hybridized carbons (Fsp3) is 0.800. The van der Waals surface area contributed by atoms with Crippen LogP contribution in [0.15, 0.2) is 11.6 Å². The molecule has 0 aliphatic rings. The molecule has 0 fully saturated rings. The molecular weight excluding hydrogens is 276 g/mol. The van der Waals surface area contributed by atoms with Crippen molar-refractivity contribution in [2.24, 2.45) is 0 Å². The summed E-state index contributed by atoms with van der Waals surface area (Å²) < 4.78 is 21.3. The summed E-state index contributed by atoms with van der Waals surface area (Å²) in [6.45, 7) is 8.11. The zero-order chi connectivity index (χ0) is 15.8. The molecule has 0 unspecified atom stereocenters. The molecule has 0 atom stereocenters. The van der Waals surface area contributed by atoms with Gasteiger partial charge in [0.25, 0.3) is 0 Å². The number of carboxylic acids is 1. The molecule has 0 aromatic heterocycles. The van der Waals surface area contributed by atoms with Gasteiger partial charge in [-0.25, -0.2) is 4.79 Å². The van der Waals surface area contributed by atoms with E-state index in [1.807, 2.05) is 0 Å². The van der Waals surface area contributed by atoms with Gasteiger partial charge < -0.3 is 24.1 Å². The Kier molecular flexibility index (Phi) is 14.7. The number of carboxylic acid groups (broad SMARTS) is 1. The summed E-state index contributed by atoms with van der Waals surface area (Å²) in [4.78, 5) is 10.4. The van der Waals surface area contributed by atoms with Crippen molar-refractivity contribution >= 4 is 5.97 Å². The molecule has 0 radical (unpaired) electrons. The molecule has 0 amide bonds. The van der Waals surface area contributed by atoms with E-state index in [0.29, 0.717) is 51.8 Å². The Morgan fingerprint density at radius 3 is 1.86 bits per heavy atom. The highest BCUT2D eigenvalue weighted by Crippen LogP contribution is 1.93. The molecule has 0 rings (SSSR count). The van der Waals surface area contributed by atoms with Crippen LogP contribution in [0.3, 0.4) is 0 Å². The van der Waals surface area contributed by atoms with E-state index in [4.69, 9.17) is 24.1 Å². The van der Waals surface area contributed by atoms with E-state index < -0.39 is 5.97 Å². The van der Waals surface area contributed by atoms with Gasteiger partial charge in [-0.3, -0.25) is 0 Å². The van der Waals surface area contributed by atoms with Crippen molar-refractivity contribution in [3.8, 4) is 0 Å². The van der Waals surface area contributed by atoms with Gasteiger partial charge in [-0.1, -0.05) is 13.3 Å². The largest absolute Gasteiger partial charge is 0.478 e. The third kappa shape index (κ3) is 17.0. The Bertz CT molecular complexity index is 277. The fourth-order valence-electron chi connectivity index (χ4n) is 1.39. The third-order valence-corrected chi connectivity index (χ3v) is 2.46. The lowest BCUT2D eigenvalue weighted by Crippen LogP contribution is -2.12. The lowest BCUT2D eigenvalue weighted by atomic mass is 10.3. The molecule has 0 saturated carbocycles. The maximum Gasteiger partial charge on any atom is 0.328 e. The number of rotatable bonds is 15. The first kappa shape index (κ1) is 20.1. The molecule has 124 valence electrons. The summed E-state index contributed by atoms with van der Waals surface area (Å²) >= 11 is 0. The molecular formula is C15H28O6. The van der Waals surface area contributed by atoms with Crippen LogP contribution in [0.5, 0.6) is 0 Å². The van der Waals surface area contributed by atoms with Gasteiger partial charge in [-0.05, 0) is 18.9 Å². The lowest BCUT2D eigenvalue weighted by Gasteiger charge is -2.07. The first-order valence-electron chi connectivity index (χ1n) is 7.38. The molecule has 0 aromatic carbocycles. The van der Waals surface area contributed by atoms with Gasteiger partial charge in [-0.2, -0.15) is 0 Å². The second-order valence-corrected chi connectivity index (χ2v) is 4.57. The van der Waals surface area contributed by atoms with Crippen LogP contribution in [0, 0.1) is 0 Å². The standard InChI is InChI=1S/C15H28O6/c1-3-4-5-18-6-7-19-8-9-20-10-11-21-13-14(2)12-15(16)17/h12H,3-11,13H2,1-2H3,(H,16,17). The summed E-state index contributed by atoms with van der Waals surface area (Å²) in [6, 6.07) is 0. The van der Waals surface area contributed by atoms with Crippen molar-refractivity contribution in [3.05, 3.63) is 11.6 Å². The molecule has 0 aromatic rings. The molecule has 0 aliphatic carbocycles. The van der Waals surface area contributed by atoms with Crippen molar-refractivity contribution < 1.29 is 28.8 Å². The molecule has 21 heavy (non-hydrogen) atoms. The first-order chi connectivity index (χ1) is 10.2. The van der Waals surface area contributed by atoms with E-state index in [0.717, 1.165) is 25.5 Å². The Morgan fingerprint density at radius 2 is 1.38 bits per heavy atom. The van der Waals surface area contributed by atoms with E-state index in [1.165, 1.54) is 0 Å². The third-order valence-electron chi connectivity index (χ3n) is 2.46. The summed E-state index contributed by atoms with van der Waals surface area (Å²) in [7, 11) is 0. The second kappa shape index (κ2) is 15.4. The number of aliphatic carboxylic acids is 1. The molecule has 0 heterocycles. The highest BCUT2D eigenvalue weighted by molar-refractivity contribution is 5.80. The highest BCUT2D eigenvalue weighted by atomic mass is 16.6. The predicted molar refractivity (Wildman–Crippen MR) is 79.6 cm³/mol. The number of hydrogen-bond acceptors (Lipinski definition) is 5. The highest BCUT2D eigenvalue weighted by Gasteiger charge is 1.96. The lowest BCUT2D eigenvalue weighted by molar-refractivity contribution is -0.131. The Morgan fingerprint density at radius 1 is 0.905 bits per heavy atom. The van der Waals surface area contributed by atoms with E-state index in [9.17, 15) is 4.79 Å². The SMILES string of the molecule is CCCCOCCOCCOCCOCC(C)=CC(=O)O. The number of hydrogen-bond donors (Lipinski definition) is 1. The van der Waals surface area contributed by atoms with Gasteiger partial charge in [0.15, 0.2) is 0 Å². The Balaban J connectivity index is 3.14. The van der Waals surface area contributed by atoms with Gasteiger partial charge in [0, 0.05) is 12.7 Å². The normalized spacial score (nSPS) is 11.8. The summed E-state index contributed by atoms with van der Waals surface area (Å²) in [5.41, 5.74) is 0.675. The van der Waals surface area contributed by atoms with Crippen molar-refractivity contribution in [1.82, 2.24) is 0 Å². The molecule has 0 bridgehead atoms. The fourth-order valence-corrected chi connectivity index (χ4v) is 1.39. The quantitative estimate of drug-likeness (QED) is 0.368. The van der Waals surface area contributed by atoms with Gasteiger partial charge in [-0.15, -0.1) is 0 Å². The van der Waals surface area contributed by atoms with Crippen molar-refractivity contribution in [2.75, 3.05) is 52.9 Å². The van der Waals surface area contributed by atoms with Gasteiger partial charge in [0.05, 0.1) is 46.2 Å². The minimum atomic E-state index is -0.955. The van der Waals surface area contributed by atoms with E-state index in [-0.39, 0.29) is 0 Å². The smallest absolute Gasteiger partial charge is 0.328 e. The van der Waals surface area contributed by atoms with Crippen molar-refractivity contribution in [1.29, 1.82) is 0 Å². The average Bonchev–Trinajstić information content (AvgIpc) is 2.43. The molecule has 0 saturated heterocycles. The topological polar surface area (TPSA) is 74.2 Å². The van der Waals surface area contributed by atoms with Crippen molar-refractivity contribution in [3.63, 3.8) is 0 Å². The zero-order valence-corrected chi connectivity index (χ0v) is 13.1. The minimum Gasteiger partial charge on any atom is -0.478 e. The Labute approximate surface area is 127 Å². The maximum absolute atomic E-state index is 10.4. The van der Waals surface area contributed by atoms with Gasteiger partial charge >= 0.3 is 5.97 Å². The van der Waals surface area contributed by atoms with E-state index in [1.54, 1.807) is 6.92 Å². The van der Waals surface area contributed by atoms with E-state index in [2.05, 4.69) is 6.92 Å². The van der Waals surface area contributed by atoms with Crippen LogP contribution in [0.2, 0.25) is 0 Å². The van der Waals surface area contributed by atoms with Crippen LogP contribution in [0.4, 0.5) is 0 Å². The van der Waals surface area contributed by atoms with Crippen LogP contribution in [0.25, 0.3) is 0 Å². The van der Waals surface area contributed by atoms with Crippen LogP contribution >= 0.6 is 0 Å². The molecule has 0 spiro atoms. The van der Waals surface area contributed by atoms with Gasteiger partial charge in [0.2, 0.25) is 0 Å². The second-order valence-electron chi connectivity index (χ2n) is 4.57. The Hall–Kier alpha value is -0.950. The molecule has 6 nitrogen and oxygen atoms in total.